The number of hydrogen-bond acceptors (Lipinski definition) is 5. The highest BCUT2D eigenvalue weighted by atomic mass is 35.5. The van der Waals surface area contributed by atoms with E-state index in [0.29, 0.717) is 40.0 Å². The lowest BCUT2D eigenvalue weighted by Crippen LogP contribution is -2.03. The lowest BCUT2D eigenvalue weighted by atomic mass is 9.90. The first-order valence-corrected chi connectivity index (χ1v) is 11.3. The largest absolute Gasteiger partial charge is 0.437 e. The first kappa shape index (κ1) is 18.8. The molecule has 1 saturated carbocycles. The number of thiazole rings is 1. The van der Waals surface area contributed by atoms with Gasteiger partial charge in [0, 0.05) is 28.1 Å². The molecule has 0 unspecified atom stereocenters. The summed E-state index contributed by atoms with van der Waals surface area (Å²) in [5.41, 5.74) is 2.38. The lowest BCUT2D eigenvalue weighted by Gasteiger charge is -2.18. The summed E-state index contributed by atoms with van der Waals surface area (Å²) in [5, 5.41) is 1.66. The van der Waals surface area contributed by atoms with Gasteiger partial charge in [-0.05, 0) is 43.0 Å². The van der Waals surface area contributed by atoms with Gasteiger partial charge in [0.1, 0.15) is 10.8 Å². The van der Waals surface area contributed by atoms with Gasteiger partial charge in [0.05, 0.1) is 10.3 Å². The zero-order valence-corrected chi connectivity index (χ0v) is 17.7. The van der Waals surface area contributed by atoms with Gasteiger partial charge < -0.3 is 4.42 Å². The number of aryl methyl sites for hydroxylation is 1. The number of nitrogens with zero attached hydrogens (tertiary/aromatic N) is 1. The number of Topliss-reactive ketones (excluding diaryl/α,β-unsaturated/α-hetero) is 2. The standard InChI is InChI=1S/C23H20ClNO3S/c1-2-12-8-15-16(11-18(12)24)21(27)17(20(15)26)9-14-10-19-22(28-14)25-23(29-19)13-6-4-3-5-7-13/h8-11,13H,2-7H2,1H3/b17-9-. The van der Waals surface area contributed by atoms with E-state index in [1.54, 1.807) is 29.5 Å². The van der Waals surface area contributed by atoms with E-state index in [1.807, 2.05) is 13.0 Å². The molecule has 0 N–H and O–H groups in total. The van der Waals surface area contributed by atoms with Crippen molar-refractivity contribution >= 4 is 51.0 Å². The van der Waals surface area contributed by atoms with Crippen LogP contribution in [0, 0.1) is 0 Å². The number of benzene rings is 1. The number of allylic oxidation sites excluding steroid dienone is 1. The summed E-state index contributed by atoms with van der Waals surface area (Å²) in [7, 11) is 0. The molecule has 4 nitrogen and oxygen atoms in total. The van der Waals surface area contributed by atoms with Gasteiger partial charge in [0.15, 0.2) is 11.6 Å². The monoisotopic (exact) mass is 425 g/mol. The van der Waals surface area contributed by atoms with Gasteiger partial charge in [-0.15, -0.1) is 11.3 Å². The minimum Gasteiger partial charge on any atom is -0.437 e. The number of furan rings is 1. The van der Waals surface area contributed by atoms with Crippen molar-refractivity contribution in [3.8, 4) is 0 Å². The molecule has 0 amide bonds. The zero-order chi connectivity index (χ0) is 20.1. The van der Waals surface area contributed by atoms with Gasteiger partial charge in [-0.1, -0.05) is 37.8 Å². The van der Waals surface area contributed by atoms with Crippen LogP contribution in [0.5, 0.6) is 0 Å². The highest BCUT2D eigenvalue weighted by molar-refractivity contribution is 7.18. The SMILES string of the molecule is CCc1cc2c(cc1Cl)C(=O)/C(=C\c1cc3sc(C4CCCCC4)nc3o1)C2=O. The fourth-order valence-electron chi connectivity index (χ4n) is 4.30. The molecule has 2 aromatic heterocycles. The zero-order valence-electron chi connectivity index (χ0n) is 16.1. The predicted molar refractivity (Wildman–Crippen MR) is 115 cm³/mol. The van der Waals surface area contributed by atoms with Crippen LogP contribution in [0.1, 0.15) is 82.0 Å². The van der Waals surface area contributed by atoms with Crippen LogP contribution in [-0.2, 0) is 6.42 Å². The molecule has 0 atom stereocenters. The minimum atomic E-state index is -0.301. The van der Waals surface area contributed by atoms with Gasteiger partial charge in [-0.25, -0.2) is 4.98 Å². The Morgan fingerprint density at radius 1 is 1.14 bits per heavy atom. The fourth-order valence-corrected chi connectivity index (χ4v) is 5.70. The van der Waals surface area contributed by atoms with Gasteiger partial charge >= 0.3 is 0 Å². The third-order valence-electron chi connectivity index (χ3n) is 5.91. The third kappa shape index (κ3) is 3.17. The van der Waals surface area contributed by atoms with Gasteiger partial charge in [-0.3, -0.25) is 9.59 Å². The summed E-state index contributed by atoms with van der Waals surface area (Å²) in [6.45, 7) is 1.97. The Morgan fingerprint density at radius 2 is 1.86 bits per heavy atom. The van der Waals surface area contributed by atoms with Crippen molar-refractivity contribution < 1.29 is 14.0 Å². The van der Waals surface area contributed by atoms with Crippen LogP contribution < -0.4 is 0 Å². The van der Waals surface area contributed by atoms with E-state index in [9.17, 15) is 9.59 Å². The van der Waals surface area contributed by atoms with Crippen LogP contribution in [0.4, 0.5) is 0 Å². The second kappa shape index (κ2) is 7.22. The average Bonchev–Trinajstić information content (AvgIpc) is 3.36. The summed E-state index contributed by atoms with van der Waals surface area (Å²) < 4.78 is 6.82. The number of halogens is 1. The maximum Gasteiger partial charge on any atom is 0.237 e. The molecule has 0 spiro atoms. The molecular formula is C23H20ClNO3S. The molecule has 5 rings (SSSR count). The Bertz CT molecular complexity index is 1150. The Hall–Kier alpha value is -2.24. The van der Waals surface area contributed by atoms with E-state index >= 15 is 0 Å². The summed E-state index contributed by atoms with van der Waals surface area (Å²) in [6.07, 6.45) is 8.46. The Balaban J connectivity index is 1.47. The van der Waals surface area contributed by atoms with Crippen LogP contribution in [-0.4, -0.2) is 16.6 Å². The molecule has 29 heavy (non-hydrogen) atoms. The molecule has 0 saturated heterocycles. The van der Waals surface area contributed by atoms with E-state index in [1.165, 1.54) is 32.1 Å². The van der Waals surface area contributed by atoms with Crippen molar-refractivity contribution in [1.82, 2.24) is 4.98 Å². The summed E-state index contributed by atoms with van der Waals surface area (Å²) in [4.78, 5) is 30.3. The summed E-state index contributed by atoms with van der Waals surface area (Å²) in [5.74, 6) is 0.445. The molecule has 2 aliphatic rings. The Labute approximate surface area is 177 Å². The molecule has 0 aliphatic heterocycles. The second-order valence-electron chi connectivity index (χ2n) is 7.76. The van der Waals surface area contributed by atoms with Crippen LogP contribution in [0.3, 0.4) is 0 Å². The topological polar surface area (TPSA) is 60.2 Å². The molecular weight excluding hydrogens is 406 g/mol. The van der Waals surface area contributed by atoms with E-state index in [2.05, 4.69) is 4.98 Å². The molecule has 6 heteroatoms. The van der Waals surface area contributed by atoms with Crippen LogP contribution in [0.15, 0.2) is 28.2 Å². The molecule has 148 valence electrons. The van der Waals surface area contributed by atoms with Crippen molar-refractivity contribution in [2.75, 3.05) is 0 Å². The third-order valence-corrected chi connectivity index (χ3v) is 7.41. The smallest absolute Gasteiger partial charge is 0.237 e. The number of rotatable bonds is 3. The molecule has 3 aromatic rings. The van der Waals surface area contributed by atoms with Crippen molar-refractivity contribution in [1.29, 1.82) is 0 Å². The maximum atomic E-state index is 12.8. The van der Waals surface area contributed by atoms with E-state index in [-0.39, 0.29) is 17.1 Å². The molecule has 1 aromatic carbocycles. The summed E-state index contributed by atoms with van der Waals surface area (Å²) in [6, 6.07) is 5.22. The Morgan fingerprint density at radius 3 is 2.55 bits per heavy atom. The van der Waals surface area contributed by atoms with Crippen LogP contribution in [0.25, 0.3) is 16.5 Å². The van der Waals surface area contributed by atoms with Crippen molar-refractivity contribution in [2.45, 2.75) is 51.4 Å². The normalized spacial score (nSPS) is 18.9. The van der Waals surface area contributed by atoms with Gasteiger partial charge in [-0.2, -0.15) is 0 Å². The van der Waals surface area contributed by atoms with Crippen LogP contribution >= 0.6 is 22.9 Å². The quantitative estimate of drug-likeness (QED) is 0.349. The number of carbonyl (C=O) groups is 2. The summed E-state index contributed by atoms with van der Waals surface area (Å²) >= 11 is 7.90. The van der Waals surface area contributed by atoms with E-state index in [0.717, 1.165) is 15.3 Å². The predicted octanol–water partition coefficient (Wildman–Crippen LogP) is 6.62. The molecule has 1 fully saturated rings. The number of fused-ring (bicyclic) bond motifs is 2. The van der Waals surface area contributed by atoms with Crippen LogP contribution in [0.2, 0.25) is 5.02 Å². The number of hydrogen-bond donors (Lipinski definition) is 0. The molecule has 0 bridgehead atoms. The maximum absolute atomic E-state index is 12.8. The van der Waals surface area contributed by atoms with Crippen molar-refractivity contribution in [3.05, 3.63) is 56.3 Å². The molecule has 0 radical (unpaired) electrons. The Kier molecular flexibility index (Phi) is 4.67. The lowest BCUT2D eigenvalue weighted by molar-refractivity contribution is 0.0990. The van der Waals surface area contributed by atoms with Crippen molar-refractivity contribution in [2.24, 2.45) is 0 Å². The van der Waals surface area contributed by atoms with E-state index < -0.39 is 0 Å². The fraction of sp³-hybridized carbons (Fsp3) is 0.348. The number of aromatic nitrogens is 1. The van der Waals surface area contributed by atoms with Gasteiger partial charge in [0.25, 0.3) is 0 Å². The molecule has 2 heterocycles. The average molecular weight is 426 g/mol. The molecule has 2 aliphatic carbocycles. The minimum absolute atomic E-state index is 0.123. The van der Waals surface area contributed by atoms with Crippen molar-refractivity contribution in [3.63, 3.8) is 0 Å². The van der Waals surface area contributed by atoms with Gasteiger partial charge in [0.2, 0.25) is 5.71 Å². The van der Waals surface area contributed by atoms with E-state index in [4.69, 9.17) is 16.0 Å². The number of ketones is 2. The number of carbonyl (C=O) groups excluding carboxylic acids is 2. The first-order valence-electron chi connectivity index (χ1n) is 10.1. The highest BCUT2D eigenvalue weighted by Crippen LogP contribution is 2.38. The highest BCUT2D eigenvalue weighted by Gasteiger charge is 2.34. The first-order chi connectivity index (χ1) is 14.0. The second-order valence-corrected chi connectivity index (χ2v) is 9.23.